The minimum absolute atomic E-state index is 0.134. The van der Waals surface area contributed by atoms with Crippen LogP contribution >= 0.6 is 0 Å². The molecule has 2 aliphatic rings. The van der Waals surface area contributed by atoms with Crippen LogP contribution in [0.3, 0.4) is 0 Å². The van der Waals surface area contributed by atoms with E-state index >= 15 is 0 Å². The number of likely N-dealkylation sites (N-methyl/N-ethyl adjacent to an activating group) is 2. The molecule has 12 heteroatoms. The molecule has 3 aromatic rings. The third kappa shape index (κ3) is 8.65. The lowest BCUT2D eigenvalue weighted by Crippen LogP contribution is -2.72. The van der Waals surface area contributed by atoms with Crippen molar-refractivity contribution in [2.24, 2.45) is 10.4 Å². The Balaban J connectivity index is 1.15. The first kappa shape index (κ1) is 39.3. The van der Waals surface area contributed by atoms with Gasteiger partial charge >= 0.3 is 0 Å². The Labute approximate surface area is 316 Å². The standard InChI is InChI=1S/C42H48N6O6/c1-29(51)38(43)45-20-6-7-22-54-35-18-13-32(14-19-35)41(2,3)31-11-16-33(17-12-31)47-25-42(26-47)27-48(28-42)34-15-10-30(24-50)36(23-34)40(53)46(5)37(9-8-21-49)39(52)44-4/h6-7,10-21,23-24,37,43H,8-9,22,25-28H2,1-5H3,(H,44,52)/b7-6+,43-38?,45-20?. The summed E-state index contributed by atoms with van der Waals surface area (Å²) < 4.78 is 5.79. The minimum Gasteiger partial charge on any atom is -0.490 e. The molecule has 282 valence electrons. The van der Waals surface area contributed by atoms with Crippen LogP contribution in [0, 0.1) is 10.8 Å². The predicted octanol–water partition coefficient (Wildman–Crippen LogP) is 4.89. The van der Waals surface area contributed by atoms with Crippen molar-refractivity contribution in [1.29, 1.82) is 5.41 Å². The summed E-state index contributed by atoms with van der Waals surface area (Å²) in [7, 11) is 3.01. The zero-order valence-corrected chi connectivity index (χ0v) is 31.5. The van der Waals surface area contributed by atoms with Gasteiger partial charge in [-0.05, 0) is 72.2 Å². The molecule has 0 aliphatic carbocycles. The largest absolute Gasteiger partial charge is 0.490 e. The number of carbonyl (C=O) groups excluding carboxylic acids is 5. The van der Waals surface area contributed by atoms with Crippen LogP contribution in [0.25, 0.3) is 0 Å². The molecule has 0 aromatic heterocycles. The van der Waals surface area contributed by atoms with Gasteiger partial charge in [0.05, 0.1) is 5.56 Å². The molecule has 54 heavy (non-hydrogen) atoms. The number of benzene rings is 3. The summed E-state index contributed by atoms with van der Waals surface area (Å²) in [6.07, 6.45) is 6.51. The van der Waals surface area contributed by atoms with E-state index in [4.69, 9.17) is 10.1 Å². The highest BCUT2D eigenvalue weighted by Crippen LogP contribution is 2.44. The van der Waals surface area contributed by atoms with Crippen LogP contribution in [-0.2, 0) is 19.8 Å². The van der Waals surface area contributed by atoms with Gasteiger partial charge in [-0.2, -0.15) is 0 Å². The van der Waals surface area contributed by atoms with Crippen LogP contribution in [-0.4, -0.2) is 100 Å². The molecule has 2 fully saturated rings. The molecule has 0 bridgehead atoms. The normalized spacial score (nSPS) is 15.4. The number of allylic oxidation sites excluding steroid dienone is 1. The quantitative estimate of drug-likeness (QED) is 0.120. The topological polar surface area (TPSA) is 153 Å². The maximum atomic E-state index is 13.5. The lowest BCUT2D eigenvalue weighted by atomic mass is 9.72. The van der Waals surface area contributed by atoms with Crippen molar-refractivity contribution in [1.82, 2.24) is 10.2 Å². The van der Waals surface area contributed by atoms with E-state index in [2.05, 4.69) is 70.4 Å². The van der Waals surface area contributed by atoms with Crippen molar-refractivity contribution >= 4 is 53.6 Å². The first-order valence-corrected chi connectivity index (χ1v) is 18.0. The van der Waals surface area contributed by atoms with Crippen LogP contribution in [0.1, 0.15) is 65.5 Å². The van der Waals surface area contributed by atoms with Gasteiger partial charge in [-0.3, -0.25) is 24.6 Å². The van der Waals surface area contributed by atoms with E-state index in [0.29, 0.717) is 12.9 Å². The van der Waals surface area contributed by atoms with Crippen LogP contribution in [0.2, 0.25) is 0 Å². The first-order chi connectivity index (χ1) is 25.8. The van der Waals surface area contributed by atoms with Gasteiger partial charge < -0.3 is 29.5 Å². The SMILES string of the molecule is CNC(=O)C(CCC=O)N(C)C(=O)c1cc(N2CC3(CN(c4ccc(C(C)(C)c5ccc(OC/C=C/C=NC(=N)C(C)=O)cc5)cc4)C3)C2)ccc1C=O. The van der Waals surface area contributed by atoms with Gasteiger partial charge in [0.25, 0.3) is 5.91 Å². The predicted molar refractivity (Wildman–Crippen MR) is 210 cm³/mol. The van der Waals surface area contributed by atoms with Gasteiger partial charge in [0.15, 0.2) is 17.9 Å². The second-order valence-electron chi connectivity index (χ2n) is 14.5. The molecule has 1 unspecified atom stereocenters. The molecule has 0 saturated carbocycles. The highest BCUT2D eigenvalue weighted by molar-refractivity contribution is 6.38. The van der Waals surface area contributed by atoms with E-state index in [9.17, 15) is 24.0 Å². The molecule has 2 N–H and O–H groups in total. The minimum atomic E-state index is -0.831. The zero-order valence-electron chi connectivity index (χ0n) is 31.5. The first-order valence-electron chi connectivity index (χ1n) is 18.0. The third-order valence-electron chi connectivity index (χ3n) is 10.4. The number of amides is 2. The monoisotopic (exact) mass is 732 g/mol. The molecule has 2 amide bonds. The van der Waals surface area contributed by atoms with Crippen LogP contribution in [0.5, 0.6) is 5.75 Å². The number of nitrogens with zero attached hydrogens (tertiary/aromatic N) is 4. The summed E-state index contributed by atoms with van der Waals surface area (Å²) in [5, 5.41) is 9.96. The Kier molecular flexibility index (Phi) is 12.3. The van der Waals surface area contributed by atoms with Gasteiger partial charge in [-0.25, -0.2) is 4.99 Å². The van der Waals surface area contributed by atoms with Gasteiger partial charge in [-0.15, -0.1) is 0 Å². The number of rotatable bonds is 16. The van der Waals surface area contributed by atoms with Crippen molar-refractivity contribution in [3.63, 3.8) is 0 Å². The fourth-order valence-corrected chi connectivity index (χ4v) is 7.04. The van der Waals surface area contributed by atoms with E-state index in [-0.39, 0.29) is 52.3 Å². The molecule has 3 aromatic carbocycles. The van der Waals surface area contributed by atoms with E-state index in [1.807, 2.05) is 18.2 Å². The number of nitrogens with one attached hydrogen (secondary N) is 2. The Bertz CT molecular complexity index is 1940. The second-order valence-corrected chi connectivity index (χ2v) is 14.5. The number of hydrogen-bond donors (Lipinski definition) is 2. The highest BCUT2D eigenvalue weighted by atomic mass is 16.5. The molecule has 12 nitrogen and oxygen atoms in total. The van der Waals surface area contributed by atoms with Crippen LogP contribution in [0.4, 0.5) is 11.4 Å². The molecule has 1 atom stereocenters. The number of anilines is 2. The average Bonchev–Trinajstić information content (AvgIpc) is 3.14. The number of aldehydes is 2. The summed E-state index contributed by atoms with van der Waals surface area (Å²) >= 11 is 0. The zero-order chi connectivity index (χ0) is 39.0. The molecule has 2 heterocycles. The van der Waals surface area contributed by atoms with Gasteiger partial charge in [0.2, 0.25) is 5.91 Å². The summed E-state index contributed by atoms with van der Waals surface area (Å²) in [5.41, 5.74) is 4.78. The van der Waals surface area contributed by atoms with Gasteiger partial charge in [-0.1, -0.05) is 38.1 Å². The number of ether oxygens (including phenoxy) is 1. The Morgan fingerprint density at radius 1 is 0.963 bits per heavy atom. The van der Waals surface area contributed by atoms with Gasteiger partial charge in [0.1, 0.15) is 24.7 Å². The molecule has 0 radical (unpaired) electrons. The number of amidine groups is 1. The fraction of sp³-hybridized carbons (Fsp3) is 0.357. The Morgan fingerprint density at radius 2 is 1.56 bits per heavy atom. The van der Waals surface area contributed by atoms with Crippen molar-refractivity contribution in [2.45, 2.75) is 45.1 Å². The molecule has 1 spiro atoms. The molecule has 2 aliphatic heterocycles. The Hall–Kier alpha value is -5.91. The number of aliphatic imine (C=N–C) groups is 1. The lowest BCUT2D eigenvalue weighted by Gasteiger charge is -2.61. The van der Waals surface area contributed by atoms with Crippen molar-refractivity contribution < 1.29 is 28.7 Å². The van der Waals surface area contributed by atoms with E-state index in [1.54, 1.807) is 24.3 Å². The number of ketones is 1. The smallest absolute Gasteiger partial charge is 0.255 e. The number of Topliss-reactive ketones (excluding diaryl/α,β-unsaturated/α-hetero) is 1. The molecular weight excluding hydrogens is 684 g/mol. The number of carbonyl (C=O) groups is 5. The van der Waals surface area contributed by atoms with E-state index in [0.717, 1.165) is 49.5 Å². The maximum Gasteiger partial charge on any atom is 0.255 e. The lowest BCUT2D eigenvalue weighted by molar-refractivity contribution is -0.125. The van der Waals surface area contributed by atoms with Crippen molar-refractivity contribution in [3.8, 4) is 5.75 Å². The van der Waals surface area contributed by atoms with Crippen molar-refractivity contribution in [3.05, 3.63) is 101 Å². The van der Waals surface area contributed by atoms with Crippen LogP contribution in [0.15, 0.2) is 83.9 Å². The second kappa shape index (κ2) is 16.8. The molecular formula is C42H48N6O6. The van der Waals surface area contributed by atoms with Crippen LogP contribution < -0.4 is 19.9 Å². The van der Waals surface area contributed by atoms with E-state index in [1.165, 1.54) is 43.4 Å². The fourth-order valence-electron chi connectivity index (χ4n) is 7.04. The summed E-state index contributed by atoms with van der Waals surface area (Å²) in [6.45, 7) is 9.54. The maximum absolute atomic E-state index is 13.5. The van der Waals surface area contributed by atoms with Gasteiger partial charge in [0, 0.05) is 87.6 Å². The highest BCUT2D eigenvalue weighted by Gasteiger charge is 2.52. The van der Waals surface area contributed by atoms with Crippen molar-refractivity contribution in [2.75, 3.05) is 56.7 Å². The summed E-state index contributed by atoms with van der Waals surface area (Å²) in [5.74, 6) is -0.744. The Morgan fingerprint density at radius 3 is 2.13 bits per heavy atom. The van der Waals surface area contributed by atoms with E-state index < -0.39 is 11.9 Å². The molecule has 2 saturated heterocycles. The third-order valence-corrected chi connectivity index (χ3v) is 10.4. The molecule has 5 rings (SSSR count). The summed E-state index contributed by atoms with van der Waals surface area (Å²) in [4.78, 5) is 69.6. The summed E-state index contributed by atoms with van der Waals surface area (Å²) in [6, 6.07) is 21.2. The average molecular weight is 733 g/mol. The number of hydrogen-bond acceptors (Lipinski definition) is 9.